The number of carboxylic acids is 1. The van der Waals surface area contributed by atoms with Crippen molar-refractivity contribution in [3.05, 3.63) is 63.5 Å². The van der Waals surface area contributed by atoms with Gasteiger partial charge in [0.15, 0.2) is 11.5 Å². The van der Waals surface area contributed by atoms with Gasteiger partial charge in [-0.15, -0.1) is 0 Å². The lowest BCUT2D eigenvalue weighted by Crippen LogP contribution is -2.16. The first kappa shape index (κ1) is 18.0. The molecule has 0 radical (unpaired) electrons. The zero-order chi connectivity index (χ0) is 18.8. The number of aromatic carboxylic acids is 1. The molecule has 0 spiro atoms. The lowest BCUT2D eigenvalue weighted by atomic mass is 10.2. The Morgan fingerprint density at radius 3 is 2.58 bits per heavy atom. The summed E-state index contributed by atoms with van der Waals surface area (Å²) in [5.41, 5.74) is 0.403. The molecule has 0 saturated heterocycles. The molecule has 0 saturated carbocycles. The number of aromatic nitrogens is 4. The number of aryl methyl sites for hydroxylation is 1. The summed E-state index contributed by atoms with van der Waals surface area (Å²) in [6.07, 6.45) is 2.86. The average Bonchev–Trinajstić information content (AvgIpc) is 3.13. The molecule has 3 rings (SSSR count). The smallest absolute Gasteiger partial charge is 0.357 e. The maximum atomic E-state index is 12.4. The largest absolute Gasteiger partial charge is 0.476 e. The van der Waals surface area contributed by atoms with E-state index < -0.39 is 11.9 Å². The van der Waals surface area contributed by atoms with E-state index in [1.165, 1.54) is 22.6 Å². The molecule has 3 aromatic rings. The Kier molecular flexibility index (Phi) is 4.97. The first-order chi connectivity index (χ1) is 12.3. The van der Waals surface area contributed by atoms with Crippen molar-refractivity contribution < 1.29 is 14.7 Å². The molecule has 0 bridgehead atoms. The molecule has 10 heteroatoms. The van der Waals surface area contributed by atoms with Crippen LogP contribution in [0.1, 0.15) is 26.4 Å². The number of amides is 1. The molecule has 8 nitrogen and oxygen atoms in total. The number of carbonyl (C=O) groups is 2. The van der Waals surface area contributed by atoms with Crippen molar-refractivity contribution in [2.75, 3.05) is 5.32 Å². The van der Waals surface area contributed by atoms with Gasteiger partial charge in [0, 0.05) is 24.5 Å². The zero-order valence-corrected chi connectivity index (χ0v) is 15.0. The Balaban J connectivity index is 1.81. The van der Waals surface area contributed by atoms with Crippen molar-refractivity contribution >= 4 is 40.9 Å². The molecule has 1 amide bonds. The van der Waals surface area contributed by atoms with Gasteiger partial charge in [0.05, 0.1) is 12.1 Å². The van der Waals surface area contributed by atoms with E-state index in [2.05, 4.69) is 15.5 Å². The van der Waals surface area contributed by atoms with Gasteiger partial charge in [-0.25, -0.2) is 4.79 Å². The van der Waals surface area contributed by atoms with Crippen LogP contribution in [-0.2, 0) is 13.6 Å². The van der Waals surface area contributed by atoms with Gasteiger partial charge in [0.2, 0.25) is 0 Å². The van der Waals surface area contributed by atoms with E-state index in [1.54, 1.807) is 12.3 Å². The van der Waals surface area contributed by atoms with E-state index >= 15 is 0 Å². The minimum atomic E-state index is -1.30. The first-order valence-electron chi connectivity index (χ1n) is 7.40. The average molecular weight is 394 g/mol. The van der Waals surface area contributed by atoms with Crippen molar-refractivity contribution in [2.24, 2.45) is 7.05 Å². The quantitative estimate of drug-likeness (QED) is 0.693. The van der Waals surface area contributed by atoms with Crippen molar-refractivity contribution in [3.8, 4) is 0 Å². The van der Waals surface area contributed by atoms with E-state index in [0.717, 1.165) is 5.56 Å². The zero-order valence-electron chi connectivity index (χ0n) is 13.5. The molecule has 0 fully saturated rings. The van der Waals surface area contributed by atoms with Gasteiger partial charge < -0.3 is 10.4 Å². The maximum Gasteiger partial charge on any atom is 0.357 e. The number of nitrogens with zero attached hydrogens (tertiary/aromatic N) is 4. The highest BCUT2D eigenvalue weighted by Crippen LogP contribution is 2.23. The molecule has 0 aliphatic rings. The van der Waals surface area contributed by atoms with Crippen molar-refractivity contribution in [1.82, 2.24) is 19.6 Å². The minimum Gasteiger partial charge on any atom is -0.476 e. The van der Waals surface area contributed by atoms with Crippen LogP contribution in [0.4, 0.5) is 5.82 Å². The normalized spacial score (nSPS) is 10.7. The number of carbonyl (C=O) groups excluding carboxylic acids is 1. The molecule has 2 heterocycles. The number of hydrogen-bond acceptors (Lipinski definition) is 4. The molecule has 0 unspecified atom stereocenters. The van der Waals surface area contributed by atoms with Crippen LogP contribution < -0.4 is 5.32 Å². The predicted molar refractivity (Wildman–Crippen MR) is 95.9 cm³/mol. The third-order valence-corrected chi connectivity index (χ3v) is 4.16. The number of hydrogen-bond donors (Lipinski definition) is 2. The Morgan fingerprint density at radius 1 is 1.15 bits per heavy atom. The van der Waals surface area contributed by atoms with Crippen molar-refractivity contribution in [3.63, 3.8) is 0 Å². The van der Waals surface area contributed by atoms with Crippen molar-refractivity contribution in [2.45, 2.75) is 6.54 Å². The molecule has 26 heavy (non-hydrogen) atoms. The summed E-state index contributed by atoms with van der Waals surface area (Å²) in [6.45, 7) is 0.364. The SMILES string of the molecule is Cn1cc(C(=O)Nc2nn(Cc3ccccc3Cl)cc2Cl)c(C(=O)O)n1. The highest BCUT2D eigenvalue weighted by atomic mass is 35.5. The van der Waals surface area contributed by atoms with Gasteiger partial charge >= 0.3 is 5.97 Å². The van der Waals surface area contributed by atoms with Gasteiger partial charge in [0.1, 0.15) is 5.02 Å². The van der Waals surface area contributed by atoms with E-state index in [0.29, 0.717) is 11.6 Å². The van der Waals surface area contributed by atoms with Crippen LogP contribution in [0.25, 0.3) is 0 Å². The molecule has 2 N–H and O–H groups in total. The standard InChI is InChI=1S/C16H13Cl2N5O3/c1-22-7-10(13(20-22)16(25)26)15(24)19-14-12(18)8-23(21-14)6-9-4-2-3-5-11(9)17/h2-5,7-8H,6H2,1H3,(H,25,26)(H,19,21,24). The maximum absolute atomic E-state index is 12.4. The molecule has 2 aromatic heterocycles. The van der Waals surface area contributed by atoms with Crippen LogP contribution in [0.3, 0.4) is 0 Å². The fourth-order valence-electron chi connectivity index (χ4n) is 2.35. The Labute approximate surface area is 157 Å². The van der Waals surface area contributed by atoms with Crippen molar-refractivity contribution in [1.29, 1.82) is 0 Å². The van der Waals surface area contributed by atoms with Crippen LogP contribution in [-0.4, -0.2) is 36.5 Å². The molecule has 0 atom stereocenters. The number of halogens is 2. The monoisotopic (exact) mass is 393 g/mol. The van der Waals surface area contributed by atoms with Gasteiger partial charge in [-0.3, -0.25) is 14.2 Å². The molecule has 0 aliphatic heterocycles. The molecular formula is C16H13Cl2N5O3. The van der Waals surface area contributed by atoms with E-state index in [1.807, 2.05) is 18.2 Å². The minimum absolute atomic E-state index is 0.0864. The molecule has 1 aromatic carbocycles. The topological polar surface area (TPSA) is 102 Å². The fourth-order valence-corrected chi connectivity index (χ4v) is 2.74. The second-order valence-electron chi connectivity index (χ2n) is 5.44. The van der Waals surface area contributed by atoms with Crippen LogP contribution in [0, 0.1) is 0 Å². The van der Waals surface area contributed by atoms with E-state index in [4.69, 9.17) is 28.3 Å². The Bertz CT molecular complexity index is 996. The number of carboxylic acid groups (broad SMARTS) is 1. The molecule has 134 valence electrons. The number of rotatable bonds is 5. The number of benzene rings is 1. The van der Waals surface area contributed by atoms with Crippen LogP contribution in [0.5, 0.6) is 0 Å². The lowest BCUT2D eigenvalue weighted by molar-refractivity contribution is 0.0685. The summed E-state index contributed by atoms with van der Waals surface area (Å²) in [6, 6.07) is 7.29. The summed E-state index contributed by atoms with van der Waals surface area (Å²) < 4.78 is 2.77. The number of nitrogens with one attached hydrogen (secondary N) is 1. The Morgan fingerprint density at radius 2 is 1.88 bits per heavy atom. The summed E-state index contributed by atoms with van der Waals surface area (Å²) >= 11 is 12.2. The lowest BCUT2D eigenvalue weighted by Gasteiger charge is -2.04. The van der Waals surface area contributed by atoms with Gasteiger partial charge in [0.25, 0.3) is 5.91 Å². The summed E-state index contributed by atoms with van der Waals surface area (Å²) in [5, 5.41) is 20.4. The van der Waals surface area contributed by atoms with Crippen LogP contribution >= 0.6 is 23.2 Å². The molecule has 0 aliphatic carbocycles. The predicted octanol–water partition coefficient (Wildman–Crippen LogP) is 2.92. The highest BCUT2D eigenvalue weighted by molar-refractivity contribution is 6.33. The second-order valence-corrected chi connectivity index (χ2v) is 6.25. The second kappa shape index (κ2) is 7.19. The van der Waals surface area contributed by atoms with E-state index in [9.17, 15) is 9.59 Å². The van der Waals surface area contributed by atoms with Gasteiger partial charge in [-0.05, 0) is 11.6 Å². The summed E-state index contributed by atoms with van der Waals surface area (Å²) in [5.74, 6) is -1.85. The highest BCUT2D eigenvalue weighted by Gasteiger charge is 2.22. The Hall–Kier alpha value is -2.84. The van der Waals surface area contributed by atoms with Crippen LogP contribution in [0.2, 0.25) is 10.0 Å². The molecular weight excluding hydrogens is 381 g/mol. The summed E-state index contributed by atoms with van der Waals surface area (Å²) in [7, 11) is 1.52. The fraction of sp³-hybridized carbons (Fsp3) is 0.125. The number of anilines is 1. The van der Waals surface area contributed by atoms with E-state index in [-0.39, 0.29) is 22.1 Å². The van der Waals surface area contributed by atoms with Gasteiger partial charge in [-0.1, -0.05) is 41.4 Å². The first-order valence-corrected chi connectivity index (χ1v) is 8.15. The third kappa shape index (κ3) is 3.71. The summed E-state index contributed by atoms with van der Waals surface area (Å²) in [4.78, 5) is 23.6. The van der Waals surface area contributed by atoms with Crippen LogP contribution in [0.15, 0.2) is 36.7 Å². The third-order valence-electron chi connectivity index (χ3n) is 3.52. The van der Waals surface area contributed by atoms with Gasteiger partial charge in [-0.2, -0.15) is 10.2 Å².